The molecule has 0 saturated heterocycles. The van der Waals surface area contributed by atoms with Crippen molar-refractivity contribution in [1.29, 1.82) is 0 Å². The van der Waals surface area contributed by atoms with Crippen LogP contribution in [0.3, 0.4) is 0 Å². The van der Waals surface area contributed by atoms with Crippen molar-refractivity contribution >= 4 is 0 Å². The zero-order valence-corrected chi connectivity index (χ0v) is 11.5. The Morgan fingerprint density at radius 2 is 1.94 bits per heavy atom. The van der Waals surface area contributed by atoms with Gasteiger partial charge >= 0.3 is 0 Å². The molecule has 0 saturated carbocycles. The first-order valence-electron chi connectivity index (χ1n) is 6.52. The molecule has 0 radical (unpaired) electrons. The van der Waals surface area contributed by atoms with E-state index in [1.165, 1.54) is 0 Å². The number of aliphatic hydroxyl groups excluding tert-OH is 1. The van der Waals surface area contributed by atoms with E-state index in [-0.39, 0.29) is 5.92 Å². The molecule has 2 N–H and O–H groups in total. The second-order valence-corrected chi connectivity index (χ2v) is 5.88. The molecule has 1 aromatic carbocycles. The molecule has 0 bridgehead atoms. The smallest absolute Gasteiger partial charge is 0.129 e. The van der Waals surface area contributed by atoms with E-state index in [0.29, 0.717) is 12.2 Å². The number of phenols is 1. The van der Waals surface area contributed by atoms with Gasteiger partial charge in [-0.15, -0.1) is 0 Å². The molecule has 0 amide bonds. The Labute approximate surface area is 108 Å². The number of benzene rings is 1. The molecule has 1 aliphatic heterocycles. The van der Waals surface area contributed by atoms with Crippen molar-refractivity contribution in [3.63, 3.8) is 0 Å². The van der Waals surface area contributed by atoms with E-state index in [1.54, 1.807) is 6.07 Å². The first-order chi connectivity index (χ1) is 8.31. The van der Waals surface area contributed by atoms with Crippen LogP contribution in [0.4, 0.5) is 0 Å². The SMILES string of the molecule is Cc1cc2c(cc1O)[C@@H](C)CC[C@@H](O)C(C)(C)O2. The summed E-state index contributed by atoms with van der Waals surface area (Å²) in [5.41, 5.74) is 1.23. The summed E-state index contributed by atoms with van der Waals surface area (Å²) in [5.74, 6) is 1.36. The van der Waals surface area contributed by atoms with Crippen LogP contribution in [0.1, 0.15) is 50.7 Å². The maximum absolute atomic E-state index is 10.1. The fourth-order valence-electron chi connectivity index (χ4n) is 2.42. The van der Waals surface area contributed by atoms with Crippen LogP contribution in [-0.4, -0.2) is 21.9 Å². The molecular weight excluding hydrogens is 228 g/mol. The van der Waals surface area contributed by atoms with Gasteiger partial charge in [-0.05, 0) is 57.2 Å². The molecule has 0 aromatic heterocycles. The minimum absolute atomic E-state index is 0.275. The molecule has 1 aromatic rings. The summed E-state index contributed by atoms with van der Waals surface area (Å²) in [5, 5.41) is 20.0. The van der Waals surface area contributed by atoms with Crippen LogP contribution < -0.4 is 4.74 Å². The predicted octanol–water partition coefficient (Wildman–Crippen LogP) is 3.12. The van der Waals surface area contributed by atoms with Gasteiger partial charge in [-0.25, -0.2) is 0 Å². The molecular formula is C15H22O3. The lowest BCUT2D eigenvalue weighted by molar-refractivity contribution is -0.0381. The van der Waals surface area contributed by atoms with Gasteiger partial charge in [0.05, 0.1) is 6.10 Å². The highest BCUT2D eigenvalue weighted by Gasteiger charge is 2.33. The lowest BCUT2D eigenvalue weighted by atomic mass is 9.87. The maximum Gasteiger partial charge on any atom is 0.129 e. The number of hydrogen-bond donors (Lipinski definition) is 2. The van der Waals surface area contributed by atoms with E-state index in [0.717, 1.165) is 23.3 Å². The molecule has 0 fully saturated rings. The average molecular weight is 250 g/mol. The maximum atomic E-state index is 10.1. The summed E-state index contributed by atoms with van der Waals surface area (Å²) in [6, 6.07) is 3.66. The van der Waals surface area contributed by atoms with Crippen LogP contribution in [-0.2, 0) is 0 Å². The fourth-order valence-corrected chi connectivity index (χ4v) is 2.42. The third-order valence-corrected chi connectivity index (χ3v) is 3.91. The highest BCUT2D eigenvalue weighted by Crippen LogP contribution is 2.39. The van der Waals surface area contributed by atoms with Crippen LogP contribution in [0.5, 0.6) is 11.5 Å². The van der Waals surface area contributed by atoms with Gasteiger partial charge in [-0.3, -0.25) is 0 Å². The normalized spacial score (nSPS) is 26.7. The monoisotopic (exact) mass is 250 g/mol. The molecule has 18 heavy (non-hydrogen) atoms. The molecule has 0 unspecified atom stereocenters. The summed E-state index contributed by atoms with van der Waals surface area (Å²) in [4.78, 5) is 0. The Balaban J connectivity index is 2.49. The van der Waals surface area contributed by atoms with Gasteiger partial charge in [0.25, 0.3) is 0 Å². The van der Waals surface area contributed by atoms with Gasteiger partial charge in [-0.1, -0.05) is 6.92 Å². The summed E-state index contributed by atoms with van der Waals surface area (Å²) in [7, 11) is 0. The first-order valence-corrected chi connectivity index (χ1v) is 6.52. The van der Waals surface area contributed by atoms with Crippen molar-refractivity contribution in [1.82, 2.24) is 0 Å². The molecule has 2 rings (SSSR count). The Bertz CT molecular complexity index is 451. The zero-order chi connectivity index (χ0) is 13.5. The minimum Gasteiger partial charge on any atom is -0.508 e. The van der Waals surface area contributed by atoms with Crippen LogP contribution in [0.2, 0.25) is 0 Å². The molecule has 3 nitrogen and oxygen atoms in total. The number of fused-ring (bicyclic) bond motifs is 1. The summed E-state index contributed by atoms with van der Waals surface area (Å²) >= 11 is 0. The van der Waals surface area contributed by atoms with Gasteiger partial charge in [-0.2, -0.15) is 0 Å². The zero-order valence-electron chi connectivity index (χ0n) is 11.5. The van der Waals surface area contributed by atoms with Gasteiger partial charge in [0.1, 0.15) is 17.1 Å². The minimum atomic E-state index is -0.599. The van der Waals surface area contributed by atoms with Crippen molar-refractivity contribution in [2.75, 3.05) is 0 Å². The van der Waals surface area contributed by atoms with Gasteiger partial charge < -0.3 is 14.9 Å². The quantitative estimate of drug-likeness (QED) is 0.743. The standard InChI is InChI=1S/C15H22O3/c1-9-5-6-14(17)15(3,4)18-13-7-10(2)12(16)8-11(9)13/h7-9,14,16-17H,5-6H2,1-4H3/t9-,14+/m0/s1. The Morgan fingerprint density at radius 3 is 2.61 bits per heavy atom. The predicted molar refractivity (Wildman–Crippen MR) is 71.2 cm³/mol. The van der Waals surface area contributed by atoms with Crippen molar-refractivity contribution in [2.45, 2.75) is 58.2 Å². The van der Waals surface area contributed by atoms with E-state index in [9.17, 15) is 10.2 Å². The summed E-state index contributed by atoms with van der Waals surface area (Å²) in [6.45, 7) is 7.76. The number of ether oxygens (including phenoxy) is 1. The summed E-state index contributed by atoms with van der Waals surface area (Å²) in [6.07, 6.45) is 1.13. The van der Waals surface area contributed by atoms with Gasteiger partial charge in [0, 0.05) is 5.56 Å². The van der Waals surface area contributed by atoms with Crippen molar-refractivity contribution in [2.24, 2.45) is 0 Å². The van der Waals surface area contributed by atoms with E-state index < -0.39 is 11.7 Å². The number of aliphatic hydroxyl groups is 1. The third kappa shape index (κ3) is 2.32. The molecule has 3 heteroatoms. The van der Waals surface area contributed by atoms with E-state index in [2.05, 4.69) is 6.92 Å². The number of phenolic OH excluding ortho intramolecular Hbond substituents is 1. The average Bonchev–Trinajstić information content (AvgIpc) is 2.28. The molecule has 0 spiro atoms. The van der Waals surface area contributed by atoms with Crippen molar-refractivity contribution < 1.29 is 14.9 Å². The number of hydrogen-bond acceptors (Lipinski definition) is 3. The van der Waals surface area contributed by atoms with Crippen LogP contribution in [0, 0.1) is 6.92 Å². The highest BCUT2D eigenvalue weighted by atomic mass is 16.5. The lowest BCUT2D eigenvalue weighted by Crippen LogP contribution is -2.43. The molecule has 1 heterocycles. The molecule has 0 aliphatic carbocycles. The Kier molecular flexibility index (Phi) is 3.28. The van der Waals surface area contributed by atoms with Crippen molar-refractivity contribution in [3.8, 4) is 11.5 Å². The van der Waals surface area contributed by atoms with Crippen molar-refractivity contribution in [3.05, 3.63) is 23.3 Å². The Hall–Kier alpha value is -1.22. The van der Waals surface area contributed by atoms with Crippen LogP contribution in [0.25, 0.3) is 0 Å². The van der Waals surface area contributed by atoms with Gasteiger partial charge in [0.15, 0.2) is 0 Å². The second kappa shape index (κ2) is 4.47. The molecule has 1 aliphatic rings. The topological polar surface area (TPSA) is 49.7 Å². The first kappa shape index (κ1) is 13.2. The highest BCUT2D eigenvalue weighted by molar-refractivity contribution is 5.47. The molecule has 100 valence electrons. The number of rotatable bonds is 0. The number of aryl methyl sites for hydroxylation is 1. The fraction of sp³-hybridized carbons (Fsp3) is 0.600. The van der Waals surface area contributed by atoms with Crippen LogP contribution >= 0.6 is 0 Å². The number of aromatic hydroxyl groups is 1. The lowest BCUT2D eigenvalue weighted by Gasteiger charge is -2.36. The van der Waals surface area contributed by atoms with Crippen LogP contribution in [0.15, 0.2) is 12.1 Å². The van der Waals surface area contributed by atoms with E-state index in [4.69, 9.17) is 4.74 Å². The van der Waals surface area contributed by atoms with Gasteiger partial charge in [0.2, 0.25) is 0 Å². The largest absolute Gasteiger partial charge is 0.508 e. The third-order valence-electron chi connectivity index (χ3n) is 3.91. The summed E-state index contributed by atoms with van der Waals surface area (Å²) < 4.78 is 5.98. The van der Waals surface area contributed by atoms with E-state index >= 15 is 0 Å². The Morgan fingerprint density at radius 1 is 1.28 bits per heavy atom. The molecule has 2 atom stereocenters. The second-order valence-electron chi connectivity index (χ2n) is 5.88. The van der Waals surface area contributed by atoms with E-state index in [1.807, 2.05) is 26.8 Å².